The molecule has 0 aliphatic heterocycles. The van der Waals surface area contributed by atoms with Crippen LogP contribution < -0.4 is 10.6 Å². The summed E-state index contributed by atoms with van der Waals surface area (Å²) >= 11 is 0. The molecule has 1 heterocycles. The number of imide groups is 1. The molecule has 168 valence electrons. The van der Waals surface area contributed by atoms with E-state index in [1.165, 1.54) is 24.1 Å². The summed E-state index contributed by atoms with van der Waals surface area (Å²) in [6.07, 6.45) is 6.78. The first-order chi connectivity index (χ1) is 15.4. The summed E-state index contributed by atoms with van der Waals surface area (Å²) in [6, 6.07) is 8.65. The highest BCUT2D eigenvalue weighted by Gasteiger charge is 2.51. The van der Waals surface area contributed by atoms with Crippen LogP contribution in [0.15, 0.2) is 30.3 Å². The van der Waals surface area contributed by atoms with Gasteiger partial charge >= 0.3 is 12.0 Å². The number of hydrogen-bond acceptors (Lipinski definition) is 6. The molecule has 9 nitrogen and oxygen atoms in total. The van der Waals surface area contributed by atoms with Gasteiger partial charge < -0.3 is 10.1 Å². The van der Waals surface area contributed by atoms with Gasteiger partial charge in [-0.3, -0.25) is 10.1 Å². The first kappa shape index (κ1) is 20.7. The number of carbonyl (C=O) groups is 3. The predicted octanol–water partition coefficient (Wildman–Crippen LogP) is 2.53. The molecule has 1 aromatic carbocycles. The number of amides is 3. The Morgan fingerprint density at radius 2 is 1.66 bits per heavy atom. The van der Waals surface area contributed by atoms with Gasteiger partial charge in [0.05, 0.1) is 11.4 Å². The van der Waals surface area contributed by atoms with Crippen LogP contribution in [0, 0.1) is 24.7 Å². The lowest BCUT2D eigenvalue weighted by Gasteiger charge is -2.56. The highest BCUT2D eigenvalue weighted by atomic mass is 16.5. The number of urea groups is 1. The lowest BCUT2D eigenvalue weighted by Crippen LogP contribution is -2.62. The fraction of sp³-hybridized carbons (Fsp3) is 0.522. The van der Waals surface area contributed by atoms with Gasteiger partial charge in [-0.25, -0.2) is 9.59 Å². The van der Waals surface area contributed by atoms with Crippen LogP contribution in [0.3, 0.4) is 0 Å². The molecule has 1 aromatic heterocycles. The number of esters is 1. The van der Waals surface area contributed by atoms with Crippen molar-refractivity contribution in [3.05, 3.63) is 41.7 Å². The summed E-state index contributed by atoms with van der Waals surface area (Å²) in [5.74, 6) is 0.622. The van der Waals surface area contributed by atoms with Crippen molar-refractivity contribution < 1.29 is 19.1 Å². The summed E-state index contributed by atoms with van der Waals surface area (Å²) in [7, 11) is 0. The maximum atomic E-state index is 12.5. The summed E-state index contributed by atoms with van der Waals surface area (Å²) < 4.78 is 5.07. The lowest BCUT2D eigenvalue weighted by molar-refractivity contribution is -0.123. The third-order valence-corrected chi connectivity index (χ3v) is 6.97. The van der Waals surface area contributed by atoms with Gasteiger partial charge in [0.2, 0.25) is 0 Å². The Bertz CT molecular complexity index is 1010. The van der Waals surface area contributed by atoms with E-state index < -0.39 is 24.5 Å². The zero-order valence-corrected chi connectivity index (χ0v) is 18.0. The summed E-state index contributed by atoms with van der Waals surface area (Å²) in [4.78, 5) is 38.4. The van der Waals surface area contributed by atoms with Crippen LogP contribution in [-0.4, -0.2) is 45.0 Å². The van der Waals surface area contributed by atoms with Gasteiger partial charge in [-0.15, -0.1) is 5.10 Å². The Hall–Kier alpha value is -3.23. The van der Waals surface area contributed by atoms with E-state index in [0.29, 0.717) is 29.1 Å². The van der Waals surface area contributed by atoms with E-state index in [4.69, 9.17) is 4.74 Å². The van der Waals surface area contributed by atoms with Crippen LogP contribution in [0.5, 0.6) is 0 Å². The number of aromatic nitrogens is 3. The largest absolute Gasteiger partial charge is 0.451 e. The van der Waals surface area contributed by atoms with Crippen molar-refractivity contribution in [1.29, 1.82) is 0 Å². The van der Waals surface area contributed by atoms with Crippen molar-refractivity contribution in [1.82, 2.24) is 25.6 Å². The molecule has 3 amide bonds. The van der Waals surface area contributed by atoms with Crippen molar-refractivity contribution in [3.63, 3.8) is 0 Å². The average molecular weight is 438 g/mol. The highest BCUT2D eigenvalue weighted by molar-refractivity contribution is 5.97. The van der Waals surface area contributed by atoms with Crippen molar-refractivity contribution in [2.24, 2.45) is 17.8 Å². The first-order valence-electron chi connectivity index (χ1n) is 11.2. The second-order valence-electron chi connectivity index (χ2n) is 9.54. The number of carbonyl (C=O) groups excluding carboxylic acids is 3. The molecule has 2 aromatic rings. The average Bonchev–Trinajstić information content (AvgIpc) is 3.13. The van der Waals surface area contributed by atoms with Crippen molar-refractivity contribution in [2.75, 3.05) is 6.61 Å². The first-order valence-corrected chi connectivity index (χ1v) is 11.2. The minimum atomic E-state index is -0.763. The normalized spacial score (nSPS) is 27.7. The Labute approximate surface area is 185 Å². The van der Waals surface area contributed by atoms with Crippen LogP contribution in [0.4, 0.5) is 4.79 Å². The smallest absolute Gasteiger partial charge is 0.361 e. The van der Waals surface area contributed by atoms with E-state index in [1.54, 1.807) is 6.92 Å². The van der Waals surface area contributed by atoms with Crippen molar-refractivity contribution in [2.45, 2.75) is 51.0 Å². The maximum Gasteiger partial charge on any atom is 0.361 e. The minimum absolute atomic E-state index is 0.0275. The Balaban J connectivity index is 1.13. The summed E-state index contributed by atoms with van der Waals surface area (Å²) in [6.45, 7) is 1.08. The monoisotopic (exact) mass is 437 g/mol. The van der Waals surface area contributed by atoms with Crippen LogP contribution in [-0.2, 0) is 9.53 Å². The van der Waals surface area contributed by atoms with Gasteiger partial charge in [0.15, 0.2) is 12.3 Å². The molecule has 4 aliphatic carbocycles. The predicted molar refractivity (Wildman–Crippen MR) is 114 cm³/mol. The van der Waals surface area contributed by atoms with Crippen LogP contribution in [0.1, 0.15) is 54.7 Å². The number of benzene rings is 1. The number of nitrogens with zero attached hydrogens (tertiary/aromatic N) is 3. The fourth-order valence-corrected chi connectivity index (χ4v) is 6.14. The zero-order valence-electron chi connectivity index (χ0n) is 18.0. The van der Waals surface area contributed by atoms with E-state index in [-0.39, 0.29) is 11.2 Å². The topological polar surface area (TPSA) is 115 Å². The Kier molecular flexibility index (Phi) is 5.19. The summed E-state index contributed by atoms with van der Waals surface area (Å²) in [5, 5.41) is 13.8. The molecule has 32 heavy (non-hydrogen) atoms. The van der Waals surface area contributed by atoms with E-state index in [2.05, 4.69) is 20.8 Å². The number of nitrogens with one attached hydrogen (secondary N) is 2. The van der Waals surface area contributed by atoms with Crippen molar-refractivity contribution in [3.8, 4) is 5.69 Å². The fourth-order valence-electron chi connectivity index (χ4n) is 6.14. The molecule has 0 radical (unpaired) electrons. The standard InChI is InChI=1S/C23H27N5O4/c1-14-20(27-28(26-14)18-5-3-2-4-6-18)21(30)32-13-19(29)24-22(31)25-23-10-15-7-16(11-23)9-17(8-15)12-23/h2-6,15-17H,7-13H2,1H3,(H2,24,25,29,31). The molecule has 4 aliphatic rings. The molecule has 4 bridgehead atoms. The molecular weight excluding hydrogens is 410 g/mol. The van der Waals surface area contributed by atoms with Gasteiger partial charge in [-0.1, -0.05) is 18.2 Å². The Morgan fingerprint density at radius 3 is 2.28 bits per heavy atom. The molecule has 9 heteroatoms. The molecule has 0 spiro atoms. The third kappa shape index (κ3) is 4.11. The SMILES string of the molecule is Cc1nn(-c2ccccc2)nc1C(=O)OCC(=O)NC(=O)NC12CC3CC(CC(C3)C1)C2. The van der Waals surface area contributed by atoms with Crippen LogP contribution >= 0.6 is 0 Å². The highest BCUT2D eigenvalue weighted by Crippen LogP contribution is 2.55. The molecule has 6 rings (SSSR count). The minimum Gasteiger partial charge on any atom is -0.451 e. The van der Waals surface area contributed by atoms with Gasteiger partial charge in [0, 0.05) is 5.54 Å². The van der Waals surface area contributed by atoms with Gasteiger partial charge in [0.1, 0.15) is 0 Å². The van der Waals surface area contributed by atoms with E-state index >= 15 is 0 Å². The van der Waals surface area contributed by atoms with Crippen LogP contribution in [0.25, 0.3) is 5.69 Å². The molecular formula is C23H27N5O4. The number of rotatable bonds is 5. The molecule has 4 saturated carbocycles. The number of ether oxygens (including phenoxy) is 1. The third-order valence-electron chi connectivity index (χ3n) is 6.97. The second kappa shape index (κ2) is 8.03. The molecule has 0 atom stereocenters. The van der Waals surface area contributed by atoms with Crippen molar-refractivity contribution >= 4 is 17.9 Å². The number of aryl methyl sites for hydroxylation is 1. The van der Waals surface area contributed by atoms with Gasteiger partial charge in [-0.05, 0) is 75.3 Å². The Morgan fingerprint density at radius 1 is 1.03 bits per heavy atom. The van der Waals surface area contributed by atoms with Gasteiger partial charge in [-0.2, -0.15) is 9.90 Å². The molecule has 0 unspecified atom stereocenters. The molecule has 0 saturated heterocycles. The quantitative estimate of drug-likeness (QED) is 0.695. The van der Waals surface area contributed by atoms with E-state index in [0.717, 1.165) is 19.3 Å². The van der Waals surface area contributed by atoms with E-state index in [9.17, 15) is 14.4 Å². The van der Waals surface area contributed by atoms with Gasteiger partial charge in [0.25, 0.3) is 5.91 Å². The maximum absolute atomic E-state index is 12.5. The van der Waals surface area contributed by atoms with Crippen LogP contribution in [0.2, 0.25) is 0 Å². The van der Waals surface area contributed by atoms with E-state index in [1.807, 2.05) is 30.3 Å². The molecule has 2 N–H and O–H groups in total. The number of hydrogen-bond donors (Lipinski definition) is 2. The second-order valence-corrected chi connectivity index (χ2v) is 9.54. The molecule has 4 fully saturated rings. The number of para-hydroxylation sites is 1. The zero-order chi connectivity index (χ0) is 22.3. The lowest BCUT2D eigenvalue weighted by atomic mass is 9.53. The summed E-state index contributed by atoms with van der Waals surface area (Å²) in [5.41, 5.74) is 0.926.